The Labute approximate surface area is 165 Å². The zero-order valence-corrected chi connectivity index (χ0v) is 16.0. The molecule has 3 rings (SSSR count). The van der Waals surface area contributed by atoms with Crippen molar-refractivity contribution in [3.63, 3.8) is 0 Å². The zero-order chi connectivity index (χ0) is 20.5. The quantitative estimate of drug-likeness (QED) is 0.781. The SMILES string of the molecule is CC1CC(Oc2ccc(Cl)cc2)=CC(C(F)(F)F)=C1C(C)(O)Cn1cncn1. The van der Waals surface area contributed by atoms with Gasteiger partial charge in [0.05, 0.1) is 12.1 Å². The molecule has 0 aliphatic heterocycles. The van der Waals surface area contributed by atoms with Crippen LogP contribution >= 0.6 is 11.6 Å². The Hall–Kier alpha value is -2.32. The van der Waals surface area contributed by atoms with E-state index in [-0.39, 0.29) is 24.3 Å². The van der Waals surface area contributed by atoms with Crippen LogP contribution < -0.4 is 4.74 Å². The normalized spacial score (nSPS) is 20.0. The molecule has 1 heterocycles. The topological polar surface area (TPSA) is 60.2 Å². The summed E-state index contributed by atoms with van der Waals surface area (Å²) in [5, 5.41) is 15.3. The molecule has 0 bridgehead atoms. The van der Waals surface area contributed by atoms with Gasteiger partial charge in [-0.15, -0.1) is 0 Å². The molecule has 1 aliphatic rings. The molecule has 28 heavy (non-hydrogen) atoms. The number of ether oxygens (including phenoxy) is 1. The Morgan fingerprint density at radius 2 is 1.96 bits per heavy atom. The minimum Gasteiger partial charge on any atom is -0.462 e. The smallest absolute Gasteiger partial charge is 0.416 e. The fourth-order valence-electron chi connectivity index (χ4n) is 3.46. The Balaban J connectivity index is 1.98. The summed E-state index contributed by atoms with van der Waals surface area (Å²) in [5.41, 5.74) is -2.76. The number of rotatable bonds is 5. The van der Waals surface area contributed by atoms with Crippen LogP contribution in [0.1, 0.15) is 20.3 Å². The number of nitrogens with zero attached hydrogens (tertiary/aromatic N) is 3. The van der Waals surface area contributed by atoms with Gasteiger partial charge >= 0.3 is 6.18 Å². The summed E-state index contributed by atoms with van der Waals surface area (Å²) < 4.78 is 48.4. The predicted molar refractivity (Wildman–Crippen MR) is 97.7 cm³/mol. The van der Waals surface area contributed by atoms with Crippen LogP contribution in [-0.2, 0) is 6.54 Å². The van der Waals surface area contributed by atoms with E-state index in [0.717, 1.165) is 6.08 Å². The van der Waals surface area contributed by atoms with E-state index in [2.05, 4.69) is 10.1 Å². The molecular weight excluding hydrogens is 395 g/mol. The van der Waals surface area contributed by atoms with Crippen molar-refractivity contribution in [2.75, 3.05) is 0 Å². The van der Waals surface area contributed by atoms with Crippen molar-refractivity contribution in [2.45, 2.75) is 38.6 Å². The number of aromatic nitrogens is 3. The lowest BCUT2D eigenvalue weighted by molar-refractivity contribution is -0.0930. The number of hydrogen-bond acceptors (Lipinski definition) is 4. The van der Waals surface area contributed by atoms with Crippen LogP contribution in [0.25, 0.3) is 0 Å². The van der Waals surface area contributed by atoms with Gasteiger partial charge in [0.25, 0.3) is 0 Å². The molecule has 1 N–H and O–H groups in total. The molecule has 2 atom stereocenters. The molecule has 0 saturated carbocycles. The van der Waals surface area contributed by atoms with Gasteiger partial charge in [-0.1, -0.05) is 18.5 Å². The molecule has 2 aromatic rings. The molecule has 1 aliphatic carbocycles. The van der Waals surface area contributed by atoms with Crippen molar-refractivity contribution in [2.24, 2.45) is 5.92 Å². The number of halogens is 4. The Morgan fingerprint density at radius 3 is 2.54 bits per heavy atom. The maximum absolute atomic E-state index is 13.8. The highest BCUT2D eigenvalue weighted by atomic mass is 35.5. The summed E-state index contributed by atoms with van der Waals surface area (Å²) in [4.78, 5) is 3.76. The van der Waals surface area contributed by atoms with Gasteiger partial charge in [-0.25, -0.2) is 9.67 Å². The van der Waals surface area contributed by atoms with Crippen molar-refractivity contribution >= 4 is 11.6 Å². The van der Waals surface area contributed by atoms with Gasteiger partial charge in [0.15, 0.2) is 0 Å². The van der Waals surface area contributed by atoms with Crippen molar-refractivity contribution < 1.29 is 23.0 Å². The van der Waals surface area contributed by atoms with E-state index >= 15 is 0 Å². The number of benzene rings is 1. The highest BCUT2D eigenvalue weighted by Gasteiger charge is 2.44. The molecule has 0 radical (unpaired) electrons. The molecule has 1 aromatic carbocycles. The van der Waals surface area contributed by atoms with Gasteiger partial charge in [-0.3, -0.25) is 0 Å². The Bertz CT molecular complexity index is 888. The second kappa shape index (κ2) is 7.60. The van der Waals surface area contributed by atoms with E-state index in [9.17, 15) is 18.3 Å². The summed E-state index contributed by atoms with van der Waals surface area (Å²) >= 11 is 5.82. The first kappa shape index (κ1) is 20.4. The molecule has 0 fully saturated rings. The molecular formula is C19H19ClF3N3O2. The van der Waals surface area contributed by atoms with Crippen LogP contribution in [0.4, 0.5) is 13.2 Å². The Morgan fingerprint density at radius 1 is 1.29 bits per heavy atom. The van der Waals surface area contributed by atoms with Gasteiger partial charge in [-0.2, -0.15) is 18.3 Å². The van der Waals surface area contributed by atoms with Crippen LogP contribution in [-0.4, -0.2) is 31.6 Å². The number of hydrogen-bond donors (Lipinski definition) is 1. The number of aliphatic hydroxyl groups is 1. The van der Waals surface area contributed by atoms with Gasteiger partial charge in [0.2, 0.25) is 0 Å². The average molecular weight is 414 g/mol. The molecule has 1 aromatic heterocycles. The molecule has 2 unspecified atom stereocenters. The maximum Gasteiger partial charge on any atom is 0.416 e. The zero-order valence-electron chi connectivity index (χ0n) is 15.2. The summed E-state index contributed by atoms with van der Waals surface area (Å²) in [6, 6.07) is 6.36. The van der Waals surface area contributed by atoms with Crippen molar-refractivity contribution in [1.82, 2.24) is 14.8 Å². The third-order valence-corrected chi connectivity index (χ3v) is 4.73. The molecule has 9 heteroatoms. The van der Waals surface area contributed by atoms with Gasteiger partial charge < -0.3 is 9.84 Å². The number of allylic oxidation sites excluding steroid dienone is 3. The lowest BCUT2D eigenvalue weighted by Gasteiger charge is -2.36. The second-order valence-electron chi connectivity index (χ2n) is 6.96. The van der Waals surface area contributed by atoms with Crippen LogP contribution in [0.15, 0.2) is 59.9 Å². The minimum atomic E-state index is -4.65. The van der Waals surface area contributed by atoms with E-state index in [1.807, 2.05) is 0 Å². The number of alkyl halides is 3. The van der Waals surface area contributed by atoms with Crippen molar-refractivity contribution in [3.8, 4) is 5.75 Å². The van der Waals surface area contributed by atoms with Crippen LogP contribution in [0.2, 0.25) is 5.02 Å². The third-order valence-electron chi connectivity index (χ3n) is 4.48. The fraction of sp³-hybridized carbons (Fsp3) is 0.368. The first-order valence-electron chi connectivity index (χ1n) is 8.57. The van der Waals surface area contributed by atoms with Crippen molar-refractivity contribution in [1.29, 1.82) is 0 Å². The lowest BCUT2D eigenvalue weighted by Crippen LogP contribution is -2.39. The first-order chi connectivity index (χ1) is 13.1. The lowest BCUT2D eigenvalue weighted by atomic mass is 9.77. The summed E-state index contributed by atoms with van der Waals surface area (Å²) in [7, 11) is 0. The largest absolute Gasteiger partial charge is 0.462 e. The Kier molecular flexibility index (Phi) is 5.54. The van der Waals surface area contributed by atoms with E-state index < -0.39 is 23.3 Å². The molecule has 0 spiro atoms. The predicted octanol–water partition coefficient (Wildman–Crippen LogP) is 4.54. The fourth-order valence-corrected chi connectivity index (χ4v) is 3.59. The summed E-state index contributed by atoms with van der Waals surface area (Å²) in [5.74, 6) is -0.0351. The van der Waals surface area contributed by atoms with E-state index in [4.69, 9.17) is 16.3 Å². The van der Waals surface area contributed by atoms with Crippen LogP contribution in [0.3, 0.4) is 0 Å². The summed E-state index contributed by atoms with van der Waals surface area (Å²) in [6.45, 7) is 2.84. The standard InChI is InChI=1S/C19H19ClF3N3O2/c1-12-7-15(28-14-5-3-13(20)4-6-14)8-16(19(21,22)23)17(12)18(2,27)9-26-11-24-10-25-26/h3-6,8,10-12,27H,7,9H2,1-2H3. The van der Waals surface area contributed by atoms with Gasteiger partial charge in [0, 0.05) is 11.4 Å². The van der Waals surface area contributed by atoms with Crippen molar-refractivity contribution in [3.05, 3.63) is 64.9 Å². The first-order valence-corrected chi connectivity index (χ1v) is 8.94. The van der Waals surface area contributed by atoms with E-state index in [0.29, 0.717) is 10.8 Å². The maximum atomic E-state index is 13.8. The van der Waals surface area contributed by atoms with Crippen LogP contribution in [0, 0.1) is 5.92 Å². The van der Waals surface area contributed by atoms with E-state index in [1.165, 1.54) is 24.3 Å². The van der Waals surface area contributed by atoms with Gasteiger partial charge in [0.1, 0.15) is 29.8 Å². The highest BCUT2D eigenvalue weighted by molar-refractivity contribution is 6.30. The monoisotopic (exact) mass is 413 g/mol. The molecule has 0 saturated heterocycles. The van der Waals surface area contributed by atoms with Gasteiger partial charge in [-0.05, 0) is 48.8 Å². The van der Waals surface area contributed by atoms with E-state index in [1.54, 1.807) is 31.2 Å². The average Bonchev–Trinajstić information content (AvgIpc) is 3.07. The third kappa shape index (κ3) is 4.56. The molecule has 0 amide bonds. The molecule has 5 nitrogen and oxygen atoms in total. The van der Waals surface area contributed by atoms with Crippen LogP contribution in [0.5, 0.6) is 5.75 Å². The summed E-state index contributed by atoms with van der Waals surface area (Å²) in [6.07, 6.45) is -0.867. The molecule has 150 valence electrons. The highest BCUT2D eigenvalue weighted by Crippen LogP contribution is 2.43. The minimum absolute atomic E-state index is 0.0982. The second-order valence-corrected chi connectivity index (χ2v) is 7.40.